The average Bonchev–Trinajstić information content (AvgIpc) is 3.27. The van der Waals surface area contributed by atoms with Crippen molar-refractivity contribution >= 4 is 28.8 Å². The Kier molecular flexibility index (Phi) is 6.31. The summed E-state index contributed by atoms with van der Waals surface area (Å²) < 4.78 is 5.56. The minimum Gasteiger partial charge on any atom is -0.507 e. The van der Waals surface area contributed by atoms with Crippen LogP contribution in [0.25, 0.3) is 5.76 Å². The van der Waals surface area contributed by atoms with Crippen LogP contribution in [-0.2, 0) is 14.3 Å². The van der Waals surface area contributed by atoms with Gasteiger partial charge in [-0.25, -0.2) is 0 Å². The van der Waals surface area contributed by atoms with E-state index in [-0.39, 0.29) is 17.4 Å². The lowest BCUT2D eigenvalue weighted by atomic mass is 9.99. The lowest BCUT2D eigenvalue weighted by Gasteiger charge is -2.24. The van der Waals surface area contributed by atoms with Gasteiger partial charge in [0.1, 0.15) is 5.76 Å². The summed E-state index contributed by atoms with van der Waals surface area (Å²) >= 11 is 1.47. The number of nitrogens with zero attached hydrogens (tertiary/aromatic N) is 1. The number of hydrogen-bond donors (Lipinski definition) is 1. The van der Waals surface area contributed by atoms with E-state index in [2.05, 4.69) is 0 Å². The molecule has 1 unspecified atom stereocenters. The third-order valence-corrected chi connectivity index (χ3v) is 5.60. The SMILES string of the molecule is Cc1ccc(/C(O)=C2/C(=O)C(=O)N(CCCOC(C)C)C2c2cccs2)cc1. The van der Waals surface area contributed by atoms with Crippen LogP contribution in [0.2, 0.25) is 0 Å². The van der Waals surface area contributed by atoms with E-state index in [1.807, 2.05) is 50.4 Å². The van der Waals surface area contributed by atoms with E-state index in [4.69, 9.17) is 4.74 Å². The number of aryl methyl sites for hydroxylation is 1. The zero-order chi connectivity index (χ0) is 20.3. The van der Waals surface area contributed by atoms with E-state index in [9.17, 15) is 14.7 Å². The predicted molar refractivity (Wildman–Crippen MR) is 110 cm³/mol. The maximum Gasteiger partial charge on any atom is 0.295 e. The van der Waals surface area contributed by atoms with Crippen molar-refractivity contribution in [1.29, 1.82) is 0 Å². The second-order valence-electron chi connectivity index (χ2n) is 7.15. The molecule has 28 heavy (non-hydrogen) atoms. The largest absolute Gasteiger partial charge is 0.507 e. The van der Waals surface area contributed by atoms with Crippen molar-refractivity contribution in [2.75, 3.05) is 13.2 Å². The molecule has 0 aliphatic carbocycles. The van der Waals surface area contributed by atoms with Gasteiger partial charge in [0.2, 0.25) is 0 Å². The highest BCUT2D eigenvalue weighted by Crippen LogP contribution is 2.41. The fourth-order valence-electron chi connectivity index (χ4n) is 3.27. The number of hydrogen-bond acceptors (Lipinski definition) is 5. The summed E-state index contributed by atoms with van der Waals surface area (Å²) in [5.41, 5.74) is 1.74. The van der Waals surface area contributed by atoms with E-state index in [0.29, 0.717) is 25.1 Å². The summed E-state index contributed by atoms with van der Waals surface area (Å²) in [6.45, 7) is 6.77. The highest BCUT2D eigenvalue weighted by atomic mass is 32.1. The summed E-state index contributed by atoms with van der Waals surface area (Å²) in [5.74, 6) is -1.34. The molecular weight excluding hydrogens is 374 g/mol. The molecule has 0 bridgehead atoms. The monoisotopic (exact) mass is 399 g/mol. The standard InChI is InChI=1S/C22H25NO4S/c1-14(2)27-12-5-11-23-19(17-6-4-13-28-17)18(21(25)22(23)26)20(24)16-9-7-15(3)8-10-16/h4,6-10,13-14,19,24H,5,11-12H2,1-3H3/b20-18-. The van der Waals surface area contributed by atoms with Gasteiger partial charge in [-0.1, -0.05) is 35.9 Å². The number of rotatable bonds is 7. The van der Waals surface area contributed by atoms with Crippen molar-refractivity contribution in [2.24, 2.45) is 0 Å². The predicted octanol–water partition coefficient (Wildman–Crippen LogP) is 4.29. The Hall–Kier alpha value is -2.44. The van der Waals surface area contributed by atoms with Gasteiger partial charge in [0, 0.05) is 23.6 Å². The second-order valence-corrected chi connectivity index (χ2v) is 8.13. The Balaban J connectivity index is 1.96. The first-order valence-corrected chi connectivity index (χ1v) is 10.3. The summed E-state index contributed by atoms with van der Waals surface area (Å²) in [6.07, 6.45) is 0.738. The van der Waals surface area contributed by atoms with Crippen LogP contribution in [0.1, 0.15) is 42.3 Å². The molecule has 1 N–H and O–H groups in total. The normalized spacial score (nSPS) is 19.0. The molecule has 1 aromatic carbocycles. The van der Waals surface area contributed by atoms with Crippen molar-refractivity contribution in [3.05, 3.63) is 63.4 Å². The molecule has 1 atom stereocenters. The topological polar surface area (TPSA) is 66.8 Å². The maximum absolute atomic E-state index is 12.8. The van der Waals surface area contributed by atoms with E-state index in [1.54, 1.807) is 17.0 Å². The number of ketones is 1. The highest BCUT2D eigenvalue weighted by molar-refractivity contribution is 7.10. The van der Waals surface area contributed by atoms with E-state index < -0.39 is 17.7 Å². The molecule has 2 aromatic rings. The molecule has 2 heterocycles. The third-order valence-electron chi connectivity index (χ3n) is 4.67. The first kappa shape index (κ1) is 20.3. The number of ether oxygens (including phenoxy) is 1. The molecule has 1 fully saturated rings. The zero-order valence-electron chi connectivity index (χ0n) is 16.3. The van der Waals surface area contributed by atoms with Gasteiger partial charge < -0.3 is 14.7 Å². The van der Waals surface area contributed by atoms with Gasteiger partial charge in [-0.15, -0.1) is 11.3 Å². The first-order valence-electron chi connectivity index (χ1n) is 9.40. The van der Waals surface area contributed by atoms with E-state index in [1.165, 1.54) is 11.3 Å². The molecule has 148 valence electrons. The molecule has 1 amide bonds. The maximum atomic E-state index is 12.8. The number of Topliss-reactive ketones (excluding diaryl/α,β-unsaturated/α-hetero) is 1. The molecule has 6 heteroatoms. The molecule has 0 saturated carbocycles. The summed E-state index contributed by atoms with van der Waals surface area (Å²) in [5, 5.41) is 12.8. The summed E-state index contributed by atoms with van der Waals surface area (Å²) in [7, 11) is 0. The quantitative estimate of drug-likeness (QED) is 0.326. The van der Waals surface area contributed by atoms with Crippen LogP contribution in [0.3, 0.4) is 0 Å². The Morgan fingerprint density at radius 2 is 1.93 bits per heavy atom. The van der Waals surface area contributed by atoms with Crippen molar-refractivity contribution in [1.82, 2.24) is 4.90 Å². The lowest BCUT2D eigenvalue weighted by molar-refractivity contribution is -0.140. The Labute approximate surface area is 169 Å². The number of likely N-dealkylation sites (tertiary alicyclic amines) is 1. The summed E-state index contributed by atoms with van der Waals surface area (Å²) in [4.78, 5) is 28.0. The van der Waals surface area contributed by atoms with Crippen LogP contribution in [0.4, 0.5) is 0 Å². The van der Waals surface area contributed by atoms with Crippen LogP contribution < -0.4 is 0 Å². The number of aliphatic hydroxyl groups is 1. The first-order chi connectivity index (χ1) is 13.4. The second kappa shape index (κ2) is 8.71. The average molecular weight is 400 g/mol. The van der Waals surface area contributed by atoms with Crippen LogP contribution in [0, 0.1) is 6.92 Å². The number of carbonyl (C=O) groups excluding carboxylic acids is 2. The van der Waals surface area contributed by atoms with E-state index >= 15 is 0 Å². The Morgan fingerprint density at radius 1 is 1.21 bits per heavy atom. The smallest absolute Gasteiger partial charge is 0.295 e. The van der Waals surface area contributed by atoms with Crippen molar-refractivity contribution < 1.29 is 19.4 Å². The molecule has 5 nitrogen and oxygen atoms in total. The van der Waals surface area contributed by atoms with Gasteiger partial charge >= 0.3 is 0 Å². The molecule has 1 aliphatic rings. The number of amides is 1. The fourth-order valence-corrected chi connectivity index (χ4v) is 4.12. The Bertz CT molecular complexity index is 868. The molecule has 0 radical (unpaired) electrons. The number of benzene rings is 1. The third kappa shape index (κ3) is 4.18. The fraction of sp³-hybridized carbons (Fsp3) is 0.364. The van der Waals surface area contributed by atoms with E-state index in [0.717, 1.165) is 10.4 Å². The van der Waals surface area contributed by atoms with Crippen molar-refractivity contribution in [2.45, 2.75) is 39.3 Å². The van der Waals surface area contributed by atoms with Gasteiger partial charge in [-0.05, 0) is 38.6 Å². The van der Waals surface area contributed by atoms with Crippen LogP contribution in [-0.4, -0.2) is 41.0 Å². The minimum absolute atomic E-state index is 0.116. The minimum atomic E-state index is -0.638. The van der Waals surface area contributed by atoms with Crippen molar-refractivity contribution in [3.8, 4) is 0 Å². The van der Waals surface area contributed by atoms with Gasteiger partial charge in [0.15, 0.2) is 0 Å². The molecule has 1 aromatic heterocycles. The van der Waals surface area contributed by atoms with Gasteiger partial charge in [0.05, 0.1) is 17.7 Å². The molecule has 1 saturated heterocycles. The number of carbonyl (C=O) groups is 2. The van der Waals surface area contributed by atoms with Crippen LogP contribution >= 0.6 is 11.3 Å². The van der Waals surface area contributed by atoms with Gasteiger partial charge in [-0.3, -0.25) is 9.59 Å². The molecular formula is C22H25NO4S. The van der Waals surface area contributed by atoms with Crippen LogP contribution in [0.15, 0.2) is 47.4 Å². The van der Waals surface area contributed by atoms with Crippen molar-refractivity contribution in [3.63, 3.8) is 0 Å². The lowest BCUT2D eigenvalue weighted by Crippen LogP contribution is -2.31. The molecule has 3 rings (SSSR count). The highest BCUT2D eigenvalue weighted by Gasteiger charge is 2.46. The number of thiophene rings is 1. The zero-order valence-corrected chi connectivity index (χ0v) is 17.2. The van der Waals surface area contributed by atoms with Crippen LogP contribution in [0.5, 0.6) is 0 Å². The van der Waals surface area contributed by atoms with Gasteiger partial charge in [-0.2, -0.15) is 0 Å². The molecule has 0 spiro atoms. The Morgan fingerprint density at radius 3 is 2.54 bits per heavy atom. The number of aliphatic hydroxyl groups excluding tert-OH is 1. The summed E-state index contributed by atoms with van der Waals surface area (Å²) in [6, 6.07) is 10.5. The van der Waals surface area contributed by atoms with Gasteiger partial charge in [0.25, 0.3) is 11.7 Å². The molecule has 1 aliphatic heterocycles.